The Morgan fingerprint density at radius 2 is 2.55 bits per heavy atom. The number of aromatic nitrogens is 1. The van der Waals surface area contributed by atoms with Crippen LogP contribution in [0.4, 0.5) is 6.01 Å². The molecular weight excluding hydrogens is 144 g/mol. The normalized spacial score (nSPS) is 13.3. The number of nitrogen functional groups attached to an aromatic ring is 1. The van der Waals surface area contributed by atoms with Crippen LogP contribution in [0.3, 0.4) is 0 Å². The summed E-state index contributed by atoms with van der Waals surface area (Å²) in [6, 6.07) is 0.187. The van der Waals surface area contributed by atoms with Gasteiger partial charge in [0.15, 0.2) is 5.76 Å². The van der Waals surface area contributed by atoms with E-state index >= 15 is 0 Å². The Kier molecular flexibility index (Phi) is 2.48. The summed E-state index contributed by atoms with van der Waals surface area (Å²) in [6.07, 6.45) is 1.51. The molecule has 4 nitrogen and oxygen atoms in total. The average molecular weight is 156 g/mol. The van der Waals surface area contributed by atoms with Crippen molar-refractivity contribution in [1.29, 1.82) is 0 Å². The quantitative estimate of drug-likeness (QED) is 0.717. The fourth-order valence-electron chi connectivity index (χ4n) is 0.821. The minimum atomic E-state index is -0.0650. The molecule has 0 aliphatic carbocycles. The molecule has 1 heterocycles. The van der Waals surface area contributed by atoms with Crippen LogP contribution in [0.1, 0.15) is 25.7 Å². The molecular formula is C7H12N2O2. The second-order valence-electron chi connectivity index (χ2n) is 2.20. The van der Waals surface area contributed by atoms with Crippen molar-refractivity contribution in [1.82, 2.24) is 4.98 Å². The Balaban J connectivity index is 2.60. The first kappa shape index (κ1) is 8.07. The molecule has 11 heavy (non-hydrogen) atoms. The molecule has 0 aliphatic heterocycles. The lowest BCUT2D eigenvalue weighted by atomic mass is 10.3. The van der Waals surface area contributed by atoms with E-state index in [0.29, 0.717) is 12.4 Å². The van der Waals surface area contributed by atoms with E-state index < -0.39 is 0 Å². The molecule has 1 aromatic heterocycles. The summed E-state index contributed by atoms with van der Waals surface area (Å²) in [5.41, 5.74) is 5.28. The molecule has 0 saturated carbocycles. The Morgan fingerprint density at radius 3 is 3.00 bits per heavy atom. The van der Waals surface area contributed by atoms with Crippen LogP contribution in [-0.2, 0) is 4.74 Å². The van der Waals surface area contributed by atoms with Crippen LogP contribution in [-0.4, -0.2) is 11.6 Å². The topological polar surface area (TPSA) is 61.3 Å². The van der Waals surface area contributed by atoms with Gasteiger partial charge in [-0.15, -0.1) is 0 Å². The molecule has 62 valence electrons. The minimum absolute atomic E-state index is 0.0650. The van der Waals surface area contributed by atoms with Crippen molar-refractivity contribution < 1.29 is 9.15 Å². The van der Waals surface area contributed by atoms with Gasteiger partial charge in [0.25, 0.3) is 6.01 Å². The molecule has 0 spiro atoms. The van der Waals surface area contributed by atoms with Crippen LogP contribution >= 0.6 is 0 Å². The van der Waals surface area contributed by atoms with Crippen LogP contribution in [0.2, 0.25) is 0 Å². The monoisotopic (exact) mass is 156 g/mol. The minimum Gasteiger partial charge on any atom is -0.426 e. The Labute approximate surface area is 65.4 Å². The zero-order valence-electron chi connectivity index (χ0n) is 6.70. The number of hydrogen-bond donors (Lipinski definition) is 1. The molecule has 1 atom stereocenters. The number of rotatable bonds is 3. The standard InChI is InChI=1S/C7H12N2O2/c1-3-10-5(2)6-4-9-7(8)11-6/h4-5H,3H2,1-2H3,(H2,8,9). The molecule has 0 amide bonds. The molecule has 0 radical (unpaired) electrons. The molecule has 0 aliphatic rings. The molecule has 0 aromatic carbocycles. The number of nitrogens with two attached hydrogens (primary N) is 1. The first-order chi connectivity index (χ1) is 5.24. The largest absolute Gasteiger partial charge is 0.426 e. The van der Waals surface area contributed by atoms with E-state index in [0.717, 1.165) is 0 Å². The molecule has 0 saturated heterocycles. The van der Waals surface area contributed by atoms with Crippen molar-refractivity contribution in [3.05, 3.63) is 12.0 Å². The first-order valence-corrected chi connectivity index (χ1v) is 3.56. The van der Waals surface area contributed by atoms with E-state index in [4.69, 9.17) is 14.9 Å². The number of anilines is 1. The maximum atomic E-state index is 5.28. The van der Waals surface area contributed by atoms with Gasteiger partial charge < -0.3 is 14.9 Å². The number of nitrogens with zero attached hydrogens (tertiary/aromatic N) is 1. The predicted octanol–water partition coefficient (Wildman–Crippen LogP) is 1.35. The molecule has 0 bridgehead atoms. The summed E-state index contributed by atoms with van der Waals surface area (Å²) in [5, 5.41) is 0. The molecule has 4 heteroatoms. The van der Waals surface area contributed by atoms with Gasteiger partial charge in [0.1, 0.15) is 6.10 Å². The van der Waals surface area contributed by atoms with Crippen molar-refractivity contribution in [2.75, 3.05) is 12.3 Å². The van der Waals surface area contributed by atoms with Gasteiger partial charge in [0.05, 0.1) is 6.20 Å². The van der Waals surface area contributed by atoms with E-state index in [-0.39, 0.29) is 12.1 Å². The zero-order chi connectivity index (χ0) is 8.27. The van der Waals surface area contributed by atoms with Crippen LogP contribution in [0.5, 0.6) is 0 Å². The smallest absolute Gasteiger partial charge is 0.292 e. The highest BCUT2D eigenvalue weighted by atomic mass is 16.5. The van der Waals surface area contributed by atoms with E-state index in [1.807, 2.05) is 13.8 Å². The fraction of sp³-hybridized carbons (Fsp3) is 0.571. The Morgan fingerprint density at radius 1 is 1.82 bits per heavy atom. The molecule has 1 rings (SSSR count). The van der Waals surface area contributed by atoms with E-state index in [1.165, 1.54) is 0 Å². The van der Waals surface area contributed by atoms with Gasteiger partial charge in [-0.2, -0.15) is 0 Å². The summed E-state index contributed by atoms with van der Waals surface area (Å²) < 4.78 is 10.3. The maximum Gasteiger partial charge on any atom is 0.292 e. The molecule has 1 unspecified atom stereocenters. The van der Waals surface area contributed by atoms with Crippen molar-refractivity contribution in [2.45, 2.75) is 20.0 Å². The van der Waals surface area contributed by atoms with Gasteiger partial charge in [-0.05, 0) is 13.8 Å². The Hall–Kier alpha value is -1.03. The second kappa shape index (κ2) is 3.39. The average Bonchev–Trinajstić information content (AvgIpc) is 2.36. The third kappa shape index (κ3) is 1.94. The second-order valence-corrected chi connectivity index (χ2v) is 2.20. The number of hydrogen-bond acceptors (Lipinski definition) is 4. The zero-order valence-corrected chi connectivity index (χ0v) is 6.70. The van der Waals surface area contributed by atoms with Gasteiger partial charge in [0, 0.05) is 6.61 Å². The van der Waals surface area contributed by atoms with Gasteiger partial charge in [-0.1, -0.05) is 0 Å². The third-order valence-corrected chi connectivity index (χ3v) is 1.36. The van der Waals surface area contributed by atoms with Crippen molar-refractivity contribution >= 4 is 6.01 Å². The highest BCUT2D eigenvalue weighted by Crippen LogP contribution is 2.17. The van der Waals surface area contributed by atoms with Gasteiger partial charge in [-0.3, -0.25) is 0 Å². The van der Waals surface area contributed by atoms with Gasteiger partial charge in [0.2, 0.25) is 0 Å². The SMILES string of the molecule is CCOC(C)c1cnc(N)o1. The van der Waals surface area contributed by atoms with Crippen molar-refractivity contribution in [2.24, 2.45) is 0 Å². The first-order valence-electron chi connectivity index (χ1n) is 3.56. The lowest BCUT2D eigenvalue weighted by Crippen LogP contribution is -1.97. The molecule has 1 aromatic rings. The van der Waals surface area contributed by atoms with Gasteiger partial charge >= 0.3 is 0 Å². The maximum absolute atomic E-state index is 5.28. The van der Waals surface area contributed by atoms with E-state index in [9.17, 15) is 0 Å². The van der Waals surface area contributed by atoms with Gasteiger partial charge in [-0.25, -0.2) is 4.98 Å². The lowest BCUT2D eigenvalue weighted by molar-refractivity contribution is 0.0610. The van der Waals surface area contributed by atoms with Crippen LogP contribution in [0.15, 0.2) is 10.6 Å². The highest BCUT2D eigenvalue weighted by molar-refractivity contribution is 5.12. The number of oxazole rings is 1. The van der Waals surface area contributed by atoms with Crippen molar-refractivity contribution in [3.63, 3.8) is 0 Å². The summed E-state index contributed by atoms with van der Waals surface area (Å²) in [6.45, 7) is 4.47. The Bertz CT molecular complexity index is 222. The fourth-order valence-corrected chi connectivity index (χ4v) is 0.821. The predicted molar refractivity (Wildman–Crippen MR) is 41.0 cm³/mol. The highest BCUT2D eigenvalue weighted by Gasteiger charge is 2.09. The van der Waals surface area contributed by atoms with Crippen LogP contribution in [0.25, 0.3) is 0 Å². The summed E-state index contributed by atoms with van der Waals surface area (Å²) in [7, 11) is 0. The summed E-state index contributed by atoms with van der Waals surface area (Å²) >= 11 is 0. The molecule has 0 fully saturated rings. The van der Waals surface area contributed by atoms with Crippen LogP contribution in [0, 0.1) is 0 Å². The summed E-state index contributed by atoms with van der Waals surface area (Å²) in [5.74, 6) is 0.671. The molecule has 2 N–H and O–H groups in total. The van der Waals surface area contributed by atoms with Crippen LogP contribution < -0.4 is 5.73 Å². The number of ether oxygens (including phenoxy) is 1. The summed E-state index contributed by atoms with van der Waals surface area (Å²) in [4.78, 5) is 3.75. The lowest BCUT2D eigenvalue weighted by Gasteiger charge is -2.06. The third-order valence-electron chi connectivity index (χ3n) is 1.36. The van der Waals surface area contributed by atoms with E-state index in [2.05, 4.69) is 4.98 Å². The van der Waals surface area contributed by atoms with Crippen molar-refractivity contribution in [3.8, 4) is 0 Å². The van der Waals surface area contributed by atoms with E-state index in [1.54, 1.807) is 6.20 Å².